The first-order valence-electron chi connectivity index (χ1n) is 11.6. The van der Waals surface area contributed by atoms with Gasteiger partial charge in [0.25, 0.3) is 10.0 Å². The van der Waals surface area contributed by atoms with Crippen LogP contribution in [0.2, 0.25) is 5.02 Å². The van der Waals surface area contributed by atoms with Gasteiger partial charge in [-0.1, -0.05) is 68.0 Å². The molecule has 0 aliphatic heterocycles. The Bertz CT molecular complexity index is 1240. The highest BCUT2D eigenvalue weighted by atomic mass is 35.5. The van der Waals surface area contributed by atoms with Crippen molar-refractivity contribution in [3.8, 4) is 0 Å². The van der Waals surface area contributed by atoms with E-state index in [2.05, 4.69) is 0 Å². The van der Waals surface area contributed by atoms with Gasteiger partial charge < -0.3 is 0 Å². The highest BCUT2D eigenvalue weighted by Crippen LogP contribution is 2.38. The van der Waals surface area contributed by atoms with Crippen molar-refractivity contribution < 1.29 is 17.2 Å². The third-order valence-electron chi connectivity index (χ3n) is 6.61. The van der Waals surface area contributed by atoms with Crippen LogP contribution in [0.5, 0.6) is 0 Å². The minimum absolute atomic E-state index is 0.0443. The summed E-state index contributed by atoms with van der Waals surface area (Å²) >= 11 is 5.96. The molecule has 4 rings (SSSR count). The lowest BCUT2D eigenvalue weighted by molar-refractivity contribution is 0.355. The molecule has 0 spiro atoms. The fourth-order valence-electron chi connectivity index (χ4n) is 4.88. The van der Waals surface area contributed by atoms with Crippen LogP contribution in [0.3, 0.4) is 0 Å². The molecule has 1 aliphatic carbocycles. The summed E-state index contributed by atoms with van der Waals surface area (Å²) in [5.41, 5.74) is 1.50. The Morgan fingerprint density at radius 3 is 2.35 bits per heavy atom. The van der Waals surface area contributed by atoms with Crippen molar-refractivity contribution >= 4 is 27.3 Å². The van der Waals surface area contributed by atoms with Crippen LogP contribution in [-0.2, 0) is 16.4 Å². The average Bonchev–Trinajstić information content (AvgIpc) is 2.82. The van der Waals surface area contributed by atoms with E-state index in [1.54, 1.807) is 6.92 Å². The number of halogens is 3. The molecule has 1 aliphatic rings. The molecular formula is C27H28ClF2NO2S. The fraction of sp³-hybridized carbons (Fsp3) is 0.333. The van der Waals surface area contributed by atoms with Crippen molar-refractivity contribution in [2.75, 3.05) is 4.31 Å². The summed E-state index contributed by atoms with van der Waals surface area (Å²) in [6, 6.07) is 15.5. The maximum Gasteiger partial charge on any atom is 0.264 e. The molecule has 0 bridgehead atoms. The van der Waals surface area contributed by atoms with E-state index >= 15 is 0 Å². The predicted octanol–water partition coefficient (Wildman–Crippen LogP) is 7.70. The van der Waals surface area contributed by atoms with Crippen molar-refractivity contribution in [1.82, 2.24) is 0 Å². The highest BCUT2D eigenvalue weighted by molar-refractivity contribution is 7.92. The molecule has 34 heavy (non-hydrogen) atoms. The molecule has 0 unspecified atom stereocenters. The van der Waals surface area contributed by atoms with Crippen LogP contribution in [-0.4, -0.2) is 8.42 Å². The fourth-order valence-corrected chi connectivity index (χ4v) is 6.64. The van der Waals surface area contributed by atoms with Crippen LogP contribution in [0.25, 0.3) is 0 Å². The SMILES string of the molecule is C[C@H](c1ccccc1CC1CCCCC1)N(c1cc(F)ccc1F)S(=O)(=O)c1ccc(Cl)cc1. The molecule has 0 aromatic heterocycles. The Balaban J connectivity index is 1.81. The Kier molecular flexibility index (Phi) is 7.58. The van der Waals surface area contributed by atoms with Gasteiger partial charge in [0, 0.05) is 11.1 Å². The molecule has 180 valence electrons. The van der Waals surface area contributed by atoms with Gasteiger partial charge in [-0.15, -0.1) is 0 Å². The normalized spacial score (nSPS) is 15.8. The van der Waals surface area contributed by atoms with Gasteiger partial charge in [0.2, 0.25) is 0 Å². The van der Waals surface area contributed by atoms with Crippen molar-refractivity contribution in [2.24, 2.45) is 5.92 Å². The second-order valence-corrected chi connectivity index (χ2v) is 11.2. The number of benzene rings is 3. The number of hydrogen-bond acceptors (Lipinski definition) is 2. The molecule has 0 N–H and O–H groups in total. The van der Waals surface area contributed by atoms with E-state index in [1.165, 1.54) is 43.5 Å². The van der Waals surface area contributed by atoms with Gasteiger partial charge in [0.05, 0.1) is 16.6 Å². The third-order valence-corrected chi connectivity index (χ3v) is 8.76. The molecule has 0 heterocycles. The van der Waals surface area contributed by atoms with Crippen LogP contribution in [0.15, 0.2) is 71.6 Å². The summed E-state index contributed by atoms with van der Waals surface area (Å²) in [6.45, 7) is 1.72. The molecule has 1 fully saturated rings. The number of nitrogens with zero attached hydrogens (tertiary/aromatic N) is 1. The zero-order valence-electron chi connectivity index (χ0n) is 19.1. The molecule has 3 aromatic rings. The van der Waals surface area contributed by atoms with E-state index in [1.807, 2.05) is 24.3 Å². The zero-order valence-corrected chi connectivity index (χ0v) is 20.6. The number of anilines is 1. The predicted molar refractivity (Wildman–Crippen MR) is 133 cm³/mol. The maximum absolute atomic E-state index is 15.0. The van der Waals surface area contributed by atoms with E-state index in [0.717, 1.165) is 52.9 Å². The van der Waals surface area contributed by atoms with Crippen LogP contribution < -0.4 is 4.31 Å². The molecule has 1 atom stereocenters. The van der Waals surface area contributed by atoms with Gasteiger partial charge in [-0.3, -0.25) is 4.31 Å². The molecule has 0 radical (unpaired) electrons. The topological polar surface area (TPSA) is 37.4 Å². The lowest BCUT2D eigenvalue weighted by Crippen LogP contribution is -2.35. The van der Waals surface area contributed by atoms with Crippen molar-refractivity contribution in [1.29, 1.82) is 0 Å². The standard InChI is InChI=1S/C27H28ClF2NO2S/c1-19(25-10-6-5-9-21(25)17-20-7-3-2-4-8-20)31(27-18-23(29)13-16-26(27)30)34(32,33)24-14-11-22(28)12-15-24/h5-6,9-16,18-20H,2-4,7-8,17H2,1H3/t19-/m1/s1. The minimum atomic E-state index is -4.24. The highest BCUT2D eigenvalue weighted by Gasteiger charge is 2.34. The van der Waals surface area contributed by atoms with E-state index in [9.17, 15) is 17.2 Å². The van der Waals surface area contributed by atoms with E-state index in [-0.39, 0.29) is 10.6 Å². The van der Waals surface area contributed by atoms with Gasteiger partial charge >= 0.3 is 0 Å². The minimum Gasteiger partial charge on any atom is -0.256 e. The lowest BCUT2D eigenvalue weighted by Gasteiger charge is -2.33. The quantitative estimate of drug-likeness (QED) is 0.331. The Labute approximate surface area is 205 Å². The number of hydrogen-bond donors (Lipinski definition) is 0. The summed E-state index contributed by atoms with van der Waals surface area (Å²) in [4.78, 5) is -0.0443. The Morgan fingerprint density at radius 1 is 0.971 bits per heavy atom. The van der Waals surface area contributed by atoms with Crippen molar-refractivity contribution in [3.63, 3.8) is 0 Å². The monoisotopic (exact) mass is 503 g/mol. The van der Waals surface area contributed by atoms with E-state index < -0.39 is 27.7 Å². The smallest absolute Gasteiger partial charge is 0.256 e. The molecular weight excluding hydrogens is 476 g/mol. The molecule has 3 nitrogen and oxygen atoms in total. The largest absolute Gasteiger partial charge is 0.264 e. The van der Waals surface area contributed by atoms with Crippen LogP contribution >= 0.6 is 11.6 Å². The number of rotatable bonds is 7. The molecule has 0 amide bonds. The second kappa shape index (κ2) is 10.4. The summed E-state index contributed by atoms with van der Waals surface area (Å²) in [7, 11) is -4.24. The molecule has 1 saturated carbocycles. The molecule has 7 heteroatoms. The Morgan fingerprint density at radius 2 is 1.65 bits per heavy atom. The van der Waals surface area contributed by atoms with Crippen LogP contribution in [0.4, 0.5) is 14.5 Å². The average molecular weight is 504 g/mol. The maximum atomic E-state index is 15.0. The van der Waals surface area contributed by atoms with Gasteiger partial charge in [0.15, 0.2) is 0 Å². The van der Waals surface area contributed by atoms with E-state index in [0.29, 0.717) is 10.9 Å². The summed E-state index contributed by atoms with van der Waals surface area (Å²) < 4.78 is 57.8. The first-order chi connectivity index (χ1) is 16.3. The van der Waals surface area contributed by atoms with Crippen molar-refractivity contribution in [2.45, 2.75) is 56.4 Å². The first-order valence-corrected chi connectivity index (χ1v) is 13.4. The molecule has 0 saturated heterocycles. The third kappa shape index (κ3) is 5.28. The van der Waals surface area contributed by atoms with Crippen LogP contribution in [0.1, 0.15) is 56.2 Å². The Hall–Kier alpha value is -2.44. The van der Waals surface area contributed by atoms with Gasteiger partial charge in [-0.2, -0.15) is 0 Å². The number of sulfonamides is 1. The molecule has 3 aromatic carbocycles. The summed E-state index contributed by atoms with van der Waals surface area (Å²) in [6.07, 6.45) is 6.78. The second-order valence-electron chi connectivity index (χ2n) is 8.93. The van der Waals surface area contributed by atoms with Gasteiger partial charge in [-0.05, 0) is 66.8 Å². The zero-order chi connectivity index (χ0) is 24.3. The van der Waals surface area contributed by atoms with Crippen LogP contribution in [0, 0.1) is 17.6 Å². The lowest BCUT2D eigenvalue weighted by atomic mass is 9.83. The summed E-state index contributed by atoms with van der Waals surface area (Å²) in [5, 5.41) is 0.383. The van der Waals surface area contributed by atoms with Gasteiger partial charge in [0.1, 0.15) is 11.6 Å². The van der Waals surface area contributed by atoms with Gasteiger partial charge in [-0.25, -0.2) is 17.2 Å². The van der Waals surface area contributed by atoms with Crippen molar-refractivity contribution in [3.05, 3.63) is 94.5 Å². The first kappa shape index (κ1) is 24.7. The summed E-state index contributed by atoms with van der Waals surface area (Å²) in [5.74, 6) is -0.986. The van der Waals surface area contributed by atoms with E-state index in [4.69, 9.17) is 11.6 Å².